The molecule has 1 aliphatic heterocycles. The molecule has 0 aliphatic carbocycles. The van der Waals surface area contributed by atoms with E-state index in [0.717, 1.165) is 59.8 Å². The molecule has 1 aliphatic rings. The molecule has 3 aromatic carbocycles. The highest BCUT2D eigenvalue weighted by Crippen LogP contribution is 2.31. The van der Waals surface area contributed by atoms with Gasteiger partial charge in [-0.3, -0.25) is 4.79 Å². The quantitative estimate of drug-likeness (QED) is 0.188. The van der Waals surface area contributed by atoms with Crippen molar-refractivity contribution >= 4 is 11.6 Å². The first kappa shape index (κ1) is 33.5. The molecule has 2 atom stereocenters. The molecule has 238 valence electrons. The van der Waals surface area contributed by atoms with E-state index in [0.29, 0.717) is 45.9 Å². The minimum Gasteiger partial charge on any atom is -0.496 e. The van der Waals surface area contributed by atoms with Gasteiger partial charge in [0.05, 0.1) is 39.6 Å². The lowest BCUT2D eigenvalue weighted by Gasteiger charge is -2.33. The lowest BCUT2D eigenvalue weighted by Crippen LogP contribution is -2.41. The fourth-order valence-electron chi connectivity index (χ4n) is 5.53. The van der Waals surface area contributed by atoms with Crippen LogP contribution in [0.1, 0.15) is 53.9 Å². The second kappa shape index (κ2) is 17.8. The molecule has 1 N–H and O–H groups in total. The molecule has 8 nitrogen and oxygen atoms in total. The number of anilines is 1. The Labute approximate surface area is 262 Å². The Morgan fingerprint density at radius 2 is 1.75 bits per heavy atom. The predicted molar refractivity (Wildman–Crippen MR) is 174 cm³/mol. The van der Waals surface area contributed by atoms with Crippen molar-refractivity contribution in [2.24, 2.45) is 0 Å². The number of hydrogen-bond acceptors (Lipinski definition) is 7. The van der Waals surface area contributed by atoms with Crippen LogP contribution in [0.5, 0.6) is 11.5 Å². The Kier molecular flexibility index (Phi) is 13.5. The number of aryl methyl sites for hydroxylation is 1. The van der Waals surface area contributed by atoms with E-state index < -0.39 is 0 Å². The van der Waals surface area contributed by atoms with Gasteiger partial charge in [-0.2, -0.15) is 0 Å². The summed E-state index contributed by atoms with van der Waals surface area (Å²) in [6.07, 6.45) is 2.97. The number of nitrogens with one attached hydrogen (secondary N) is 1. The van der Waals surface area contributed by atoms with E-state index in [-0.39, 0.29) is 17.9 Å². The predicted octanol–water partition coefficient (Wildman–Crippen LogP) is 6.04. The van der Waals surface area contributed by atoms with Crippen LogP contribution in [-0.2, 0) is 32.2 Å². The van der Waals surface area contributed by atoms with Crippen LogP contribution in [-0.4, -0.2) is 66.2 Å². The first-order valence-corrected chi connectivity index (χ1v) is 15.6. The molecule has 0 unspecified atom stereocenters. The van der Waals surface area contributed by atoms with Crippen LogP contribution in [0.3, 0.4) is 0 Å². The lowest BCUT2D eigenvalue weighted by molar-refractivity contribution is -0.118. The maximum atomic E-state index is 12.8. The summed E-state index contributed by atoms with van der Waals surface area (Å²) in [5.41, 5.74) is 5.32. The number of carbonyl (C=O) groups excluding carboxylic acids is 1. The van der Waals surface area contributed by atoms with E-state index in [1.807, 2.05) is 50.4 Å². The van der Waals surface area contributed by atoms with Crippen molar-refractivity contribution < 1.29 is 28.5 Å². The van der Waals surface area contributed by atoms with Crippen LogP contribution in [0.15, 0.2) is 66.7 Å². The zero-order valence-electron chi connectivity index (χ0n) is 26.7. The Bertz CT molecular complexity index is 1300. The molecule has 1 fully saturated rings. The fraction of sp³-hybridized carbons (Fsp3) is 0.472. The average molecular weight is 605 g/mol. The number of nitrogens with zero attached hydrogens (tertiary/aromatic N) is 1. The summed E-state index contributed by atoms with van der Waals surface area (Å²) >= 11 is 0. The maximum absolute atomic E-state index is 12.8. The molecule has 0 aromatic heterocycles. The number of piperidine rings is 1. The Balaban J connectivity index is 1.27. The standard InChI is InChI=1S/C36H48N2O6/c1-27-12-13-29(33(23-27)38(2)36(39)11-7-20-40-3)26-44-35-24-37-19-18-32(35)28-14-16-31(17-15-28)43-22-8-21-42-25-30-9-5-6-10-34(30)41-4/h5-6,9-10,12-17,23,32,35,37H,7-8,11,18-22,24-26H2,1-4H3/t32-,35+/m1/s1. The monoisotopic (exact) mass is 604 g/mol. The molecule has 1 amide bonds. The highest BCUT2D eigenvalue weighted by Gasteiger charge is 2.28. The van der Waals surface area contributed by atoms with Crippen molar-refractivity contribution in [2.45, 2.75) is 57.8 Å². The number of rotatable bonds is 17. The van der Waals surface area contributed by atoms with Gasteiger partial charge in [-0.05, 0) is 61.7 Å². The number of methoxy groups -OCH3 is 2. The number of carbonyl (C=O) groups is 1. The third-order valence-corrected chi connectivity index (χ3v) is 8.05. The minimum absolute atomic E-state index is 0.0211. The largest absolute Gasteiger partial charge is 0.496 e. The summed E-state index contributed by atoms with van der Waals surface area (Å²) in [4.78, 5) is 14.6. The Morgan fingerprint density at radius 3 is 2.55 bits per heavy atom. The molecule has 0 spiro atoms. The average Bonchev–Trinajstić information content (AvgIpc) is 3.06. The molecular formula is C36H48N2O6. The van der Waals surface area contributed by atoms with E-state index in [9.17, 15) is 4.79 Å². The fourth-order valence-corrected chi connectivity index (χ4v) is 5.53. The molecule has 1 saturated heterocycles. The van der Waals surface area contributed by atoms with Gasteiger partial charge in [0.25, 0.3) is 0 Å². The third kappa shape index (κ3) is 9.79. The normalized spacial score (nSPS) is 16.5. The molecule has 4 rings (SSSR count). The second-order valence-electron chi connectivity index (χ2n) is 11.3. The SMILES string of the molecule is COCCCC(=O)N(C)c1cc(C)ccc1CO[C@H]1CNCC[C@@H]1c1ccc(OCCCOCc2ccccc2OC)cc1. The van der Waals surface area contributed by atoms with Crippen molar-refractivity contribution in [3.8, 4) is 11.5 Å². The van der Waals surface area contributed by atoms with E-state index in [2.05, 4.69) is 35.6 Å². The van der Waals surface area contributed by atoms with Crippen LogP contribution >= 0.6 is 0 Å². The summed E-state index contributed by atoms with van der Waals surface area (Å²) < 4.78 is 28.9. The van der Waals surface area contributed by atoms with Crippen molar-refractivity contribution in [3.05, 3.63) is 89.0 Å². The summed E-state index contributed by atoms with van der Waals surface area (Å²) in [5, 5.41) is 3.49. The minimum atomic E-state index is 0.0211. The van der Waals surface area contributed by atoms with Crippen LogP contribution in [0.4, 0.5) is 5.69 Å². The molecule has 3 aromatic rings. The highest BCUT2D eigenvalue weighted by molar-refractivity contribution is 5.93. The molecule has 44 heavy (non-hydrogen) atoms. The van der Waals surface area contributed by atoms with Gasteiger partial charge in [0, 0.05) is 62.9 Å². The maximum Gasteiger partial charge on any atom is 0.226 e. The Morgan fingerprint density at radius 1 is 0.932 bits per heavy atom. The molecule has 0 bridgehead atoms. The van der Waals surface area contributed by atoms with Crippen LogP contribution in [0.25, 0.3) is 0 Å². The number of benzene rings is 3. The van der Waals surface area contributed by atoms with Gasteiger partial charge in [0.2, 0.25) is 5.91 Å². The van der Waals surface area contributed by atoms with Crippen molar-refractivity contribution in [1.82, 2.24) is 5.32 Å². The first-order chi connectivity index (χ1) is 21.5. The third-order valence-electron chi connectivity index (χ3n) is 8.05. The zero-order chi connectivity index (χ0) is 31.1. The Hall–Kier alpha value is -3.43. The van der Waals surface area contributed by atoms with Crippen LogP contribution in [0, 0.1) is 6.92 Å². The van der Waals surface area contributed by atoms with Gasteiger partial charge in [0.1, 0.15) is 11.5 Å². The van der Waals surface area contributed by atoms with Crippen LogP contribution < -0.4 is 19.7 Å². The van der Waals surface area contributed by atoms with Crippen molar-refractivity contribution in [2.75, 3.05) is 59.1 Å². The molecule has 0 saturated carbocycles. The second-order valence-corrected chi connectivity index (χ2v) is 11.3. The summed E-state index contributed by atoms with van der Waals surface area (Å²) in [6, 6.07) is 22.5. The van der Waals surface area contributed by atoms with Crippen molar-refractivity contribution in [1.29, 1.82) is 0 Å². The first-order valence-electron chi connectivity index (χ1n) is 15.6. The van der Waals surface area contributed by atoms with Crippen molar-refractivity contribution in [3.63, 3.8) is 0 Å². The lowest BCUT2D eigenvalue weighted by atomic mass is 9.87. The van der Waals surface area contributed by atoms with Crippen LogP contribution in [0.2, 0.25) is 0 Å². The summed E-state index contributed by atoms with van der Waals surface area (Å²) in [6.45, 7) is 6.52. The van der Waals surface area contributed by atoms with E-state index in [1.54, 1.807) is 19.1 Å². The molecule has 0 radical (unpaired) electrons. The van der Waals surface area contributed by atoms with Gasteiger partial charge in [0.15, 0.2) is 0 Å². The van der Waals surface area contributed by atoms with Gasteiger partial charge < -0.3 is 33.9 Å². The topological polar surface area (TPSA) is 78.5 Å². The van der Waals surface area contributed by atoms with Gasteiger partial charge in [-0.1, -0.05) is 42.5 Å². The summed E-state index contributed by atoms with van der Waals surface area (Å²) in [5.74, 6) is 2.05. The zero-order valence-corrected chi connectivity index (χ0v) is 26.7. The molecular weight excluding hydrogens is 556 g/mol. The highest BCUT2D eigenvalue weighted by atomic mass is 16.5. The summed E-state index contributed by atoms with van der Waals surface area (Å²) in [7, 11) is 5.18. The molecule has 1 heterocycles. The number of para-hydroxylation sites is 1. The van der Waals surface area contributed by atoms with E-state index in [1.165, 1.54) is 5.56 Å². The van der Waals surface area contributed by atoms with Gasteiger partial charge >= 0.3 is 0 Å². The van der Waals surface area contributed by atoms with Gasteiger partial charge in [-0.25, -0.2) is 0 Å². The smallest absolute Gasteiger partial charge is 0.226 e. The molecule has 8 heteroatoms. The number of hydrogen-bond donors (Lipinski definition) is 1. The van der Waals surface area contributed by atoms with Gasteiger partial charge in [-0.15, -0.1) is 0 Å². The number of ether oxygens (including phenoxy) is 5. The number of amides is 1. The van der Waals surface area contributed by atoms with E-state index in [4.69, 9.17) is 23.7 Å². The van der Waals surface area contributed by atoms with E-state index >= 15 is 0 Å².